The number of thiazole rings is 1. The highest BCUT2D eigenvalue weighted by Gasteiger charge is 2.24. The number of aldehydes is 1. The molecule has 0 saturated carbocycles. The molecular formula is C14H22N2O2S. The van der Waals surface area contributed by atoms with Gasteiger partial charge in [-0.15, -0.1) is 0 Å². The Morgan fingerprint density at radius 1 is 1.58 bits per heavy atom. The summed E-state index contributed by atoms with van der Waals surface area (Å²) in [5.41, 5.74) is 0.925. The zero-order valence-electron chi connectivity index (χ0n) is 11.9. The van der Waals surface area contributed by atoms with Gasteiger partial charge in [-0.1, -0.05) is 25.2 Å². The summed E-state index contributed by atoms with van der Waals surface area (Å²) in [6.07, 6.45) is 3.47. The van der Waals surface area contributed by atoms with Crippen LogP contribution in [-0.4, -0.2) is 37.1 Å². The molecule has 4 nitrogen and oxygen atoms in total. The molecule has 2 rings (SSSR count). The fraction of sp³-hybridized carbons (Fsp3) is 0.714. The quantitative estimate of drug-likeness (QED) is 0.778. The van der Waals surface area contributed by atoms with Gasteiger partial charge in [0.15, 0.2) is 11.4 Å². The van der Waals surface area contributed by atoms with E-state index < -0.39 is 0 Å². The predicted molar refractivity (Wildman–Crippen MR) is 78.5 cm³/mol. The van der Waals surface area contributed by atoms with Crippen molar-refractivity contribution >= 4 is 22.8 Å². The van der Waals surface area contributed by atoms with Crippen LogP contribution in [0.2, 0.25) is 0 Å². The Labute approximate surface area is 118 Å². The van der Waals surface area contributed by atoms with Crippen LogP contribution in [0.5, 0.6) is 0 Å². The van der Waals surface area contributed by atoms with Crippen molar-refractivity contribution in [2.45, 2.75) is 45.6 Å². The Hall–Kier alpha value is -0.940. The lowest BCUT2D eigenvalue weighted by atomic mass is 10.1. The second kappa shape index (κ2) is 6.48. The number of anilines is 1. The van der Waals surface area contributed by atoms with E-state index in [1.54, 1.807) is 0 Å². The zero-order chi connectivity index (χ0) is 13.8. The molecule has 0 radical (unpaired) electrons. The summed E-state index contributed by atoms with van der Waals surface area (Å²) in [6, 6.07) is 0. The van der Waals surface area contributed by atoms with E-state index in [0.717, 1.165) is 54.5 Å². The van der Waals surface area contributed by atoms with Gasteiger partial charge in [0, 0.05) is 19.7 Å². The average molecular weight is 282 g/mol. The molecule has 0 amide bonds. The number of ether oxygens (including phenoxy) is 1. The van der Waals surface area contributed by atoms with Gasteiger partial charge in [0.1, 0.15) is 0 Å². The molecule has 0 N–H and O–H groups in total. The van der Waals surface area contributed by atoms with Crippen molar-refractivity contribution in [1.82, 2.24) is 4.98 Å². The lowest BCUT2D eigenvalue weighted by molar-refractivity contribution is 0.0526. The van der Waals surface area contributed by atoms with E-state index in [4.69, 9.17) is 4.74 Å². The number of nitrogens with zero attached hydrogens (tertiary/aromatic N) is 2. The van der Waals surface area contributed by atoms with Gasteiger partial charge in [-0.2, -0.15) is 0 Å². The van der Waals surface area contributed by atoms with Crippen molar-refractivity contribution in [2.75, 3.05) is 24.6 Å². The van der Waals surface area contributed by atoms with Crippen molar-refractivity contribution in [3.05, 3.63) is 10.6 Å². The van der Waals surface area contributed by atoms with Gasteiger partial charge in [-0.3, -0.25) is 4.79 Å². The molecule has 1 aromatic rings. The molecule has 1 aliphatic heterocycles. The highest BCUT2D eigenvalue weighted by molar-refractivity contribution is 7.17. The van der Waals surface area contributed by atoms with E-state index in [2.05, 4.69) is 23.7 Å². The SMILES string of the molecule is CCOC1CCCN(c2nc(C(C)C)c(C=O)s2)C1. The Morgan fingerprint density at radius 2 is 2.37 bits per heavy atom. The smallest absolute Gasteiger partial charge is 0.186 e. The van der Waals surface area contributed by atoms with Gasteiger partial charge in [-0.05, 0) is 25.7 Å². The number of hydrogen-bond donors (Lipinski definition) is 0. The number of aromatic nitrogens is 1. The maximum Gasteiger partial charge on any atom is 0.186 e. The van der Waals surface area contributed by atoms with E-state index >= 15 is 0 Å². The third-order valence-corrected chi connectivity index (χ3v) is 4.43. The second-order valence-electron chi connectivity index (χ2n) is 5.18. The lowest BCUT2D eigenvalue weighted by Crippen LogP contribution is -2.39. The molecule has 0 aliphatic carbocycles. The molecule has 0 bridgehead atoms. The maximum absolute atomic E-state index is 11.1. The molecule has 1 atom stereocenters. The Balaban J connectivity index is 2.14. The molecule has 1 fully saturated rings. The fourth-order valence-electron chi connectivity index (χ4n) is 2.45. The Kier molecular flexibility index (Phi) is 4.93. The van der Waals surface area contributed by atoms with Gasteiger partial charge in [0.2, 0.25) is 0 Å². The molecule has 5 heteroatoms. The fourth-order valence-corrected chi connectivity index (χ4v) is 3.52. The molecule has 0 aromatic carbocycles. The molecule has 1 aliphatic rings. The minimum Gasteiger partial charge on any atom is -0.377 e. The monoisotopic (exact) mass is 282 g/mol. The topological polar surface area (TPSA) is 42.4 Å². The molecule has 0 spiro atoms. The normalized spacial score (nSPS) is 20.0. The van der Waals surface area contributed by atoms with Crippen molar-refractivity contribution in [3.8, 4) is 0 Å². The van der Waals surface area contributed by atoms with Gasteiger partial charge in [0.05, 0.1) is 16.7 Å². The minimum absolute atomic E-state index is 0.290. The van der Waals surface area contributed by atoms with E-state index in [9.17, 15) is 4.79 Å². The average Bonchev–Trinajstić information content (AvgIpc) is 2.84. The first-order valence-corrected chi connectivity index (χ1v) is 7.79. The summed E-state index contributed by atoms with van der Waals surface area (Å²) in [5.74, 6) is 0.290. The number of hydrogen-bond acceptors (Lipinski definition) is 5. The van der Waals surface area contributed by atoms with Crippen LogP contribution >= 0.6 is 11.3 Å². The number of piperidine rings is 1. The van der Waals surface area contributed by atoms with E-state index in [1.165, 1.54) is 11.3 Å². The summed E-state index contributed by atoms with van der Waals surface area (Å²) in [7, 11) is 0. The Bertz CT molecular complexity index is 429. The number of carbonyl (C=O) groups excluding carboxylic acids is 1. The third-order valence-electron chi connectivity index (χ3n) is 3.37. The Morgan fingerprint density at radius 3 is 2.95 bits per heavy atom. The van der Waals surface area contributed by atoms with Crippen molar-refractivity contribution in [1.29, 1.82) is 0 Å². The van der Waals surface area contributed by atoms with Gasteiger partial charge >= 0.3 is 0 Å². The van der Waals surface area contributed by atoms with Crippen LogP contribution in [0.4, 0.5) is 5.13 Å². The molecule has 1 aromatic heterocycles. The summed E-state index contributed by atoms with van der Waals surface area (Å²) in [5, 5.41) is 0.968. The standard InChI is InChI=1S/C14H22N2O2S/c1-4-18-11-6-5-7-16(8-11)14-15-13(10(2)3)12(9-17)19-14/h9-11H,4-8H2,1-3H3. The summed E-state index contributed by atoms with van der Waals surface area (Å²) in [4.78, 5) is 18.8. The highest BCUT2D eigenvalue weighted by Crippen LogP contribution is 2.31. The largest absolute Gasteiger partial charge is 0.377 e. The molecule has 106 valence electrons. The van der Waals surface area contributed by atoms with Crippen molar-refractivity contribution in [2.24, 2.45) is 0 Å². The van der Waals surface area contributed by atoms with Crippen LogP contribution in [0.15, 0.2) is 0 Å². The highest BCUT2D eigenvalue weighted by atomic mass is 32.1. The van der Waals surface area contributed by atoms with Gasteiger partial charge in [0.25, 0.3) is 0 Å². The van der Waals surface area contributed by atoms with Crippen LogP contribution in [-0.2, 0) is 4.74 Å². The van der Waals surface area contributed by atoms with Gasteiger partial charge < -0.3 is 9.64 Å². The predicted octanol–water partition coefficient (Wildman–Crippen LogP) is 3.08. The van der Waals surface area contributed by atoms with Gasteiger partial charge in [-0.25, -0.2) is 4.98 Å². The first-order chi connectivity index (χ1) is 9.15. The molecular weight excluding hydrogens is 260 g/mol. The second-order valence-corrected chi connectivity index (χ2v) is 6.19. The summed E-state index contributed by atoms with van der Waals surface area (Å²) in [6.45, 7) is 8.83. The van der Waals surface area contributed by atoms with Crippen LogP contribution < -0.4 is 4.90 Å². The summed E-state index contributed by atoms with van der Waals surface area (Å²) >= 11 is 1.51. The zero-order valence-corrected chi connectivity index (χ0v) is 12.7. The minimum atomic E-state index is 0.290. The van der Waals surface area contributed by atoms with Crippen LogP contribution in [0.1, 0.15) is 54.9 Å². The van der Waals surface area contributed by atoms with E-state index in [1.807, 2.05) is 6.92 Å². The first kappa shape index (κ1) is 14.5. The molecule has 1 unspecified atom stereocenters. The number of rotatable bonds is 5. The third kappa shape index (κ3) is 3.34. The van der Waals surface area contributed by atoms with E-state index in [-0.39, 0.29) is 5.92 Å². The summed E-state index contributed by atoms with van der Waals surface area (Å²) < 4.78 is 5.71. The number of carbonyl (C=O) groups is 1. The lowest BCUT2D eigenvalue weighted by Gasteiger charge is -2.32. The van der Waals surface area contributed by atoms with Crippen molar-refractivity contribution in [3.63, 3.8) is 0 Å². The molecule has 19 heavy (non-hydrogen) atoms. The van der Waals surface area contributed by atoms with Crippen LogP contribution in [0.25, 0.3) is 0 Å². The first-order valence-electron chi connectivity index (χ1n) is 6.98. The van der Waals surface area contributed by atoms with Crippen LogP contribution in [0, 0.1) is 0 Å². The van der Waals surface area contributed by atoms with Crippen molar-refractivity contribution < 1.29 is 9.53 Å². The molecule has 1 saturated heterocycles. The van der Waals surface area contributed by atoms with Crippen LogP contribution in [0.3, 0.4) is 0 Å². The van der Waals surface area contributed by atoms with E-state index in [0.29, 0.717) is 6.10 Å². The molecule has 2 heterocycles. The maximum atomic E-state index is 11.1.